The fraction of sp³-hybridized carbons (Fsp3) is 0. The quantitative estimate of drug-likeness (QED) is 0.442. The molecule has 2 heterocycles. The highest BCUT2D eigenvalue weighted by Crippen LogP contribution is 2.31. The summed E-state index contributed by atoms with van der Waals surface area (Å²) in [4.78, 5) is 30.3. The first kappa shape index (κ1) is 17.2. The minimum absolute atomic E-state index is 0.0359. The SMILES string of the molecule is O=C(NNc1ncnc(Nc2ccc(Cl)cc2)c1[N+](=O)[O-])c1ccco1. The van der Waals surface area contributed by atoms with Crippen LogP contribution in [0.2, 0.25) is 5.02 Å². The van der Waals surface area contributed by atoms with Gasteiger partial charge in [0.15, 0.2) is 5.76 Å². The molecule has 132 valence electrons. The minimum atomic E-state index is -0.667. The zero-order valence-electron chi connectivity index (χ0n) is 13.0. The molecule has 0 spiro atoms. The summed E-state index contributed by atoms with van der Waals surface area (Å²) in [5.41, 5.74) is 4.78. The van der Waals surface area contributed by atoms with Crippen LogP contribution in [0.15, 0.2) is 53.4 Å². The molecule has 0 fully saturated rings. The van der Waals surface area contributed by atoms with E-state index in [1.807, 2.05) is 0 Å². The fourth-order valence-corrected chi connectivity index (χ4v) is 2.12. The number of furan rings is 1. The summed E-state index contributed by atoms with van der Waals surface area (Å²) in [5, 5.41) is 14.8. The fourth-order valence-electron chi connectivity index (χ4n) is 1.99. The Morgan fingerprint density at radius 3 is 2.54 bits per heavy atom. The summed E-state index contributed by atoms with van der Waals surface area (Å²) in [6.07, 6.45) is 2.45. The zero-order chi connectivity index (χ0) is 18.5. The third-order valence-corrected chi connectivity index (χ3v) is 3.40. The molecule has 0 unspecified atom stereocenters. The Labute approximate surface area is 151 Å². The number of nitrogens with one attached hydrogen (secondary N) is 3. The first-order valence-electron chi connectivity index (χ1n) is 7.16. The number of aromatic nitrogens is 2. The molecule has 3 rings (SSSR count). The number of amides is 1. The van der Waals surface area contributed by atoms with Crippen LogP contribution < -0.4 is 16.2 Å². The molecule has 11 heteroatoms. The molecule has 0 aliphatic rings. The van der Waals surface area contributed by atoms with E-state index in [9.17, 15) is 14.9 Å². The summed E-state index contributed by atoms with van der Waals surface area (Å²) >= 11 is 5.82. The Balaban J connectivity index is 1.82. The van der Waals surface area contributed by atoms with Gasteiger partial charge in [-0.3, -0.25) is 25.8 Å². The van der Waals surface area contributed by atoms with E-state index in [-0.39, 0.29) is 17.4 Å². The molecule has 0 atom stereocenters. The van der Waals surface area contributed by atoms with Crippen molar-refractivity contribution >= 4 is 40.5 Å². The number of benzene rings is 1. The van der Waals surface area contributed by atoms with Crippen LogP contribution in [-0.2, 0) is 0 Å². The molecule has 3 N–H and O–H groups in total. The molecular formula is C15H11ClN6O4. The van der Waals surface area contributed by atoms with Gasteiger partial charge in [0.1, 0.15) is 6.33 Å². The van der Waals surface area contributed by atoms with Gasteiger partial charge in [-0.05, 0) is 36.4 Å². The standard InChI is InChI=1S/C15H11ClN6O4/c16-9-3-5-10(6-4-9)19-13-12(22(24)25)14(18-8-17-13)20-21-15(23)11-2-1-7-26-11/h1-8H,(H,21,23)(H2,17,18,19,20). The monoisotopic (exact) mass is 374 g/mol. The largest absolute Gasteiger partial charge is 0.459 e. The summed E-state index contributed by atoms with van der Waals surface area (Å²) in [6.45, 7) is 0. The van der Waals surface area contributed by atoms with Crippen LogP contribution in [0.3, 0.4) is 0 Å². The van der Waals surface area contributed by atoms with E-state index >= 15 is 0 Å². The molecule has 26 heavy (non-hydrogen) atoms. The van der Waals surface area contributed by atoms with Crippen molar-refractivity contribution in [1.29, 1.82) is 0 Å². The van der Waals surface area contributed by atoms with Gasteiger partial charge < -0.3 is 9.73 Å². The third-order valence-electron chi connectivity index (χ3n) is 3.15. The topological polar surface area (TPSA) is 135 Å². The van der Waals surface area contributed by atoms with E-state index < -0.39 is 16.5 Å². The molecule has 0 radical (unpaired) electrons. The number of hydrogen-bond donors (Lipinski definition) is 3. The summed E-state index contributed by atoms with van der Waals surface area (Å²) in [7, 11) is 0. The second-order valence-corrected chi connectivity index (χ2v) is 5.30. The summed E-state index contributed by atoms with van der Waals surface area (Å²) < 4.78 is 4.93. The molecule has 0 aliphatic carbocycles. The van der Waals surface area contributed by atoms with Crippen LogP contribution in [0, 0.1) is 10.1 Å². The van der Waals surface area contributed by atoms with Crippen LogP contribution in [-0.4, -0.2) is 20.8 Å². The van der Waals surface area contributed by atoms with Gasteiger partial charge in [-0.15, -0.1) is 0 Å². The zero-order valence-corrected chi connectivity index (χ0v) is 13.7. The van der Waals surface area contributed by atoms with Gasteiger partial charge in [-0.2, -0.15) is 0 Å². The number of anilines is 3. The Hall–Kier alpha value is -3.66. The molecule has 1 amide bonds. The van der Waals surface area contributed by atoms with Crippen molar-refractivity contribution < 1.29 is 14.1 Å². The number of nitro groups is 1. The molecule has 0 bridgehead atoms. The summed E-state index contributed by atoms with van der Waals surface area (Å²) in [6, 6.07) is 9.51. The first-order valence-corrected chi connectivity index (χ1v) is 7.54. The van der Waals surface area contributed by atoms with Gasteiger partial charge in [0.2, 0.25) is 11.6 Å². The molecule has 0 saturated carbocycles. The molecule has 10 nitrogen and oxygen atoms in total. The average Bonchev–Trinajstić information content (AvgIpc) is 3.16. The highest BCUT2D eigenvalue weighted by molar-refractivity contribution is 6.30. The van der Waals surface area contributed by atoms with Crippen molar-refractivity contribution in [2.75, 3.05) is 10.7 Å². The predicted molar refractivity (Wildman–Crippen MR) is 93.2 cm³/mol. The van der Waals surface area contributed by atoms with Crippen molar-refractivity contribution in [2.24, 2.45) is 0 Å². The lowest BCUT2D eigenvalue weighted by Crippen LogP contribution is -2.30. The van der Waals surface area contributed by atoms with E-state index in [0.717, 1.165) is 6.33 Å². The van der Waals surface area contributed by atoms with Gasteiger partial charge in [-0.25, -0.2) is 9.97 Å². The van der Waals surface area contributed by atoms with Crippen molar-refractivity contribution in [3.8, 4) is 0 Å². The number of hydrazine groups is 1. The minimum Gasteiger partial charge on any atom is -0.459 e. The van der Waals surface area contributed by atoms with Gasteiger partial charge in [0, 0.05) is 10.7 Å². The Morgan fingerprint density at radius 2 is 1.88 bits per heavy atom. The van der Waals surface area contributed by atoms with E-state index in [4.69, 9.17) is 16.0 Å². The second kappa shape index (κ2) is 7.49. The highest BCUT2D eigenvalue weighted by atomic mass is 35.5. The first-order chi connectivity index (χ1) is 12.5. The van der Waals surface area contributed by atoms with Crippen molar-refractivity contribution in [3.05, 3.63) is 69.9 Å². The van der Waals surface area contributed by atoms with Gasteiger partial charge in [-0.1, -0.05) is 11.6 Å². The van der Waals surface area contributed by atoms with E-state index in [1.54, 1.807) is 24.3 Å². The van der Waals surface area contributed by atoms with E-state index in [0.29, 0.717) is 10.7 Å². The maximum atomic E-state index is 11.9. The number of rotatable bonds is 6. The Kier molecular flexibility index (Phi) is 4.94. The number of carbonyl (C=O) groups excluding carboxylic acids is 1. The van der Waals surface area contributed by atoms with Crippen LogP contribution in [0.25, 0.3) is 0 Å². The average molecular weight is 375 g/mol. The second-order valence-electron chi connectivity index (χ2n) is 4.86. The van der Waals surface area contributed by atoms with Crippen LogP contribution in [0.4, 0.5) is 23.0 Å². The summed E-state index contributed by atoms with van der Waals surface area (Å²) in [5.74, 6) is -0.827. The lowest BCUT2D eigenvalue weighted by Gasteiger charge is -2.10. The van der Waals surface area contributed by atoms with Crippen LogP contribution >= 0.6 is 11.6 Å². The maximum absolute atomic E-state index is 11.9. The van der Waals surface area contributed by atoms with Crippen LogP contribution in [0.1, 0.15) is 10.6 Å². The van der Waals surface area contributed by atoms with Crippen molar-refractivity contribution in [1.82, 2.24) is 15.4 Å². The lowest BCUT2D eigenvalue weighted by atomic mass is 10.3. The lowest BCUT2D eigenvalue weighted by molar-refractivity contribution is -0.383. The van der Waals surface area contributed by atoms with Gasteiger partial charge >= 0.3 is 11.6 Å². The number of nitrogens with zero attached hydrogens (tertiary/aromatic N) is 3. The van der Waals surface area contributed by atoms with Gasteiger partial charge in [0.05, 0.1) is 11.2 Å². The van der Waals surface area contributed by atoms with Crippen LogP contribution in [0.5, 0.6) is 0 Å². The normalized spacial score (nSPS) is 10.2. The van der Waals surface area contributed by atoms with Gasteiger partial charge in [0.25, 0.3) is 0 Å². The van der Waals surface area contributed by atoms with E-state index in [1.165, 1.54) is 18.4 Å². The molecule has 2 aromatic heterocycles. The number of hydrogen-bond acceptors (Lipinski definition) is 8. The predicted octanol–water partition coefficient (Wildman–Crippen LogP) is 3.13. The molecule has 1 aromatic carbocycles. The Morgan fingerprint density at radius 1 is 1.15 bits per heavy atom. The third kappa shape index (κ3) is 3.87. The Bertz CT molecular complexity index is 930. The maximum Gasteiger partial charge on any atom is 0.355 e. The van der Waals surface area contributed by atoms with Crippen molar-refractivity contribution in [3.63, 3.8) is 0 Å². The smallest absolute Gasteiger partial charge is 0.355 e. The number of halogens is 1. The molecule has 3 aromatic rings. The molecule has 0 aliphatic heterocycles. The molecular weight excluding hydrogens is 364 g/mol. The highest BCUT2D eigenvalue weighted by Gasteiger charge is 2.24. The van der Waals surface area contributed by atoms with Crippen molar-refractivity contribution in [2.45, 2.75) is 0 Å². The number of carbonyl (C=O) groups is 1. The molecule has 0 saturated heterocycles. The van der Waals surface area contributed by atoms with E-state index in [2.05, 4.69) is 26.1 Å².